The molecule has 6 nitrogen and oxygen atoms in total. The monoisotopic (exact) mass is 345 g/mol. The van der Waals surface area contributed by atoms with Crippen LogP contribution in [0.5, 0.6) is 0 Å². The number of anilines is 1. The van der Waals surface area contributed by atoms with Crippen molar-refractivity contribution < 1.29 is 4.79 Å². The van der Waals surface area contributed by atoms with Gasteiger partial charge in [-0.25, -0.2) is 4.79 Å². The van der Waals surface area contributed by atoms with Gasteiger partial charge < -0.3 is 5.32 Å². The van der Waals surface area contributed by atoms with Gasteiger partial charge in [0.05, 0.1) is 0 Å². The molecule has 24 heavy (non-hydrogen) atoms. The molecule has 0 radical (unpaired) electrons. The molecular formula is C17H23N5OS. The molecule has 2 aromatic heterocycles. The summed E-state index contributed by atoms with van der Waals surface area (Å²) in [5, 5.41) is 10.2. The molecule has 2 amide bonds. The molecule has 7 heteroatoms. The first-order valence-corrected chi connectivity index (χ1v) is 9.44. The molecule has 0 aliphatic heterocycles. The van der Waals surface area contributed by atoms with Crippen LogP contribution < -0.4 is 10.6 Å². The topological polar surface area (TPSA) is 71.8 Å². The lowest BCUT2D eigenvalue weighted by Crippen LogP contribution is -2.46. The van der Waals surface area contributed by atoms with Gasteiger partial charge in [-0.15, -0.1) is 0 Å². The Kier molecular flexibility index (Phi) is 5.40. The molecule has 128 valence electrons. The van der Waals surface area contributed by atoms with Crippen molar-refractivity contribution in [3.05, 3.63) is 42.4 Å². The van der Waals surface area contributed by atoms with Crippen molar-refractivity contribution in [2.24, 2.45) is 0 Å². The smallest absolute Gasteiger partial charge is 0.320 e. The summed E-state index contributed by atoms with van der Waals surface area (Å²) < 4.78 is 2.08. The van der Waals surface area contributed by atoms with Crippen molar-refractivity contribution in [1.29, 1.82) is 0 Å². The van der Waals surface area contributed by atoms with Gasteiger partial charge in [0.2, 0.25) is 0 Å². The average Bonchev–Trinajstić information content (AvgIpc) is 3.01. The van der Waals surface area contributed by atoms with Crippen molar-refractivity contribution >= 4 is 23.6 Å². The van der Waals surface area contributed by atoms with Crippen molar-refractivity contribution in [3.8, 4) is 0 Å². The van der Waals surface area contributed by atoms with Crippen LogP contribution in [0.3, 0.4) is 0 Å². The molecule has 0 atom stereocenters. The second-order valence-corrected chi connectivity index (χ2v) is 7.39. The zero-order chi connectivity index (χ0) is 16.8. The summed E-state index contributed by atoms with van der Waals surface area (Å²) in [6.45, 7) is 1.48. The molecular weight excluding hydrogens is 322 g/mol. The fourth-order valence-corrected chi connectivity index (χ4v) is 3.69. The Hall–Kier alpha value is -2.02. The second kappa shape index (κ2) is 7.70. The number of rotatable bonds is 7. The van der Waals surface area contributed by atoms with Gasteiger partial charge in [0.25, 0.3) is 0 Å². The lowest BCUT2D eigenvalue weighted by Gasteiger charge is -2.40. The molecule has 0 unspecified atom stereocenters. The van der Waals surface area contributed by atoms with E-state index >= 15 is 0 Å². The number of amides is 2. The van der Waals surface area contributed by atoms with Gasteiger partial charge in [-0.3, -0.25) is 15.0 Å². The Morgan fingerprint density at radius 1 is 1.33 bits per heavy atom. The van der Waals surface area contributed by atoms with E-state index in [1.807, 2.05) is 40.8 Å². The van der Waals surface area contributed by atoms with Gasteiger partial charge in [0, 0.05) is 42.5 Å². The van der Waals surface area contributed by atoms with Gasteiger partial charge in [0.1, 0.15) is 0 Å². The van der Waals surface area contributed by atoms with Crippen LogP contribution in [-0.4, -0.2) is 38.3 Å². The van der Waals surface area contributed by atoms with Crippen LogP contribution in [0.15, 0.2) is 36.8 Å². The normalized spacial score (nSPS) is 15.5. The van der Waals surface area contributed by atoms with Gasteiger partial charge in [0.15, 0.2) is 5.82 Å². The van der Waals surface area contributed by atoms with Crippen LogP contribution in [-0.2, 0) is 13.0 Å². The molecule has 0 spiro atoms. The number of urea groups is 1. The van der Waals surface area contributed by atoms with Crippen molar-refractivity contribution in [2.75, 3.05) is 18.1 Å². The molecule has 2 aromatic rings. The summed E-state index contributed by atoms with van der Waals surface area (Å²) in [5.74, 6) is 0.578. The van der Waals surface area contributed by atoms with E-state index in [1.54, 1.807) is 12.4 Å². The van der Waals surface area contributed by atoms with E-state index in [4.69, 9.17) is 0 Å². The highest BCUT2D eigenvalue weighted by Crippen LogP contribution is 2.42. The number of carbonyl (C=O) groups is 1. The van der Waals surface area contributed by atoms with Crippen LogP contribution in [0.4, 0.5) is 10.6 Å². The van der Waals surface area contributed by atoms with E-state index in [9.17, 15) is 4.79 Å². The van der Waals surface area contributed by atoms with Gasteiger partial charge in [-0.2, -0.15) is 16.9 Å². The van der Waals surface area contributed by atoms with Crippen LogP contribution in [0.1, 0.15) is 24.8 Å². The van der Waals surface area contributed by atoms with E-state index in [0.29, 0.717) is 12.4 Å². The number of thioether (sulfide) groups is 1. The second-order valence-electron chi connectivity index (χ2n) is 6.12. The number of nitrogens with zero attached hydrogens (tertiary/aromatic N) is 3. The van der Waals surface area contributed by atoms with Crippen LogP contribution in [0.25, 0.3) is 0 Å². The standard InChI is InChI=1S/C17H23N5OS/c1-24-17(7-2-8-17)13-19-16(23)20-15-6-12-22(21-15)11-5-14-3-9-18-10-4-14/h3-4,6,9-10,12H,2,5,7-8,11,13H2,1H3,(H2,19,20,21,23). The van der Waals surface area contributed by atoms with Gasteiger partial charge in [-0.1, -0.05) is 6.42 Å². The Balaban J connectivity index is 1.44. The number of carbonyl (C=O) groups excluding carboxylic acids is 1. The van der Waals surface area contributed by atoms with E-state index in [2.05, 4.69) is 27.0 Å². The largest absolute Gasteiger partial charge is 0.336 e. The summed E-state index contributed by atoms with van der Waals surface area (Å²) in [6.07, 6.45) is 12.1. The Bertz CT molecular complexity index is 663. The predicted molar refractivity (Wildman–Crippen MR) is 97.3 cm³/mol. The molecule has 1 saturated carbocycles. The van der Waals surface area contributed by atoms with E-state index in [-0.39, 0.29) is 10.8 Å². The molecule has 1 aliphatic carbocycles. The quantitative estimate of drug-likeness (QED) is 0.809. The average molecular weight is 345 g/mol. The number of aryl methyl sites for hydroxylation is 2. The highest BCUT2D eigenvalue weighted by Gasteiger charge is 2.36. The highest BCUT2D eigenvalue weighted by molar-refractivity contribution is 8.00. The Morgan fingerprint density at radius 3 is 2.79 bits per heavy atom. The minimum Gasteiger partial charge on any atom is -0.336 e. The first kappa shape index (κ1) is 16.8. The van der Waals surface area contributed by atoms with Gasteiger partial charge >= 0.3 is 6.03 Å². The number of nitrogens with one attached hydrogen (secondary N) is 2. The maximum absolute atomic E-state index is 12.0. The van der Waals surface area contributed by atoms with Gasteiger partial charge in [-0.05, 0) is 43.2 Å². The molecule has 0 bridgehead atoms. The molecule has 1 aliphatic rings. The lowest BCUT2D eigenvalue weighted by molar-refractivity contribution is 0.247. The third-order valence-corrected chi connectivity index (χ3v) is 5.95. The summed E-state index contributed by atoms with van der Waals surface area (Å²) in [6, 6.07) is 5.63. The third kappa shape index (κ3) is 4.29. The van der Waals surface area contributed by atoms with Crippen LogP contribution in [0, 0.1) is 0 Å². The van der Waals surface area contributed by atoms with Crippen molar-refractivity contribution in [1.82, 2.24) is 20.1 Å². The zero-order valence-electron chi connectivity index (χ0n) is 13.9. The molecule has 2 N–H and O–H groups in total. The first-order valence-electron chi connectivity index (χ1n) is 8.21. The summed E-state index contributed by atoms with van der Waals surface area (Å²) in [4.78, 5) is 16.0. The molecule has 0 saturated heterocycles. The SMILES string of the molecule is CSC1(CNC(=O)Nc2ccn(CCc3ccncc3)n2)CCC1. The fourth-order valence-electron chi connectivity index (χ4n) is 2.77. The summed E-state index contributed by atoms with van der Waals surface area (Å²) in [7, 11) is 0. The van der Waals surface area contributed by atoms with Crippen molar-refractivity contribution in [3.63, 3.8) is 0 Å². The number of aromatic nitrogens is 3. The summed E-state index contributed by atoms with van der Waals surface area (Å²) in [5.41, 5.74) is 1.22. The van der Waals surface area contributed by atoms with Crippen LogP contribution >= 0.6 is 11.8 Å². The van der Waals surface area contributed by atoms with Crippen LogP contribution in [0.2, 0.25) is 0 Å². The Morgan fingerprint density at radius 2 is 2.12 bits per heavy atom. The van der Waals surface area contributed by atoms with E-state index in [0.717, 1.165) is 13.0 Å². The fraction of sp³-hybridized carbons (Fsp3) is 0.471. The lowest BCUT2D eigenvalue weighted by atomic mass is 9.84. The van der Waals surface area contributed by atoms with Crippen molar-refractivity contribution in [2.45, 2.75) is 37.0 Å². The third-order valence-electron chi connectivity index (χ3n) is 4.53. The summed E-state index contributed by atoms with van der Waals surface area (Å²) >= 11 is 1.85. The molecule has 1 fully saturated rings. The first-order chi connectivity index (χ1) is 11.7. The maximum atomic E-state index is 12.0. The minimum atomic E-state index is -0.185. The number of hydrogen-bond donors (Lipinski definition) is 2. The predicted octanol–water partition coefficient (Wildman–Crippen LogP) is 2.93. The molecule has 2 heterocycles. The Labute approximate surface area is 146 Å². The highest BCUT2D eigenvalue weighted by atomic mass is 32.2. The molecule has 0 aromatic carbocycles. The minimum absolute atomic E-state index is 0.185. The zero-order valence-corrected chi connectivity index (χ0v) is 14.7. The van der Waals surface area contributed by atoms with E-state index < -0.39 is 0 Å². The van der Waals surface area contributed by atoms with E-state index in [1.165, 1.54) is 24.8 Å². The number of hydrogen-bond acceptors (Lipinski definition) is 4. The maximum Gasteiger partial charge on any atom is 0.320 e. The number of pyridine rings is 1. The molecule has 3 rings (SSSR count).